The van der Waals surface area contributed by atoms with Crippen molar-refractivity contribution in [1.29, 1.82) is 0 Å². The maximum atomic E-state index is 10.0. The largest absolute Gasteiger partial charge is 0.439 e. The topological polar surface area (TPSA) is 141 Å². The zero-order valence-electron chi connectivity index (χ0n) is 15.1. The van der Waals surface area contributed by atoms with Gasteiger partial charge in [-0.25, -0.2) is 0 Å². The number of carbonyl (C=O) groups is 5. The average Bonchev–Trinajstić information content (AvgIpc) is 2.44. The number of hydrogen-bond acceptors (Lipinski definition) is 11. The highest BCUT2D eigenvalue weighted by Gasteiger charge is 1.94. The van der Waals surface area contributed by atoms with Crippen LogP contribution in [0.3, 0.4) is 0 Å². The van der Waals surface area contributed by atoms with Gasteiger partial charge in [0.15, 0.2) is 6.79 Å². The van der Waals surface area contributed by atoms with Gasteiger partial charge in [0, 0.05) is 41.7 Å². The lowest BCUT2D eigenvalue weighted by Gasteiger charge is -1.99. The van der Waals surface area contributed by atoms with Gasteiger partial charge in [-0.05, 0) is 0 Å². The van der Waals surface area contributed by atoms with Crippen LogP contribution in [0.15, 0.2) is 0 Å². The highest BCUT2D eigenvalue weighted by Crippen LogP contribution is 1.79. The SMILES string of the molecule is C.C.C.C.CC(=O)OCOC(C)=O.CC(=O)OCOC(C)=O.COCOC(C)=O. The summed E-state index contributed by atoms with van der Waals surface area (Å²) < 4.78 is 25.8. The van der Waals surface area contributed by atoms with Crippen molar-refractivity contribution in [3.8, 4) is 0 Å². The number of carbonyl (C=O) groups excluding carboxylic acids is 5. The molecule has 0 bridgehead atoms. The molecule has 0 unspecified atom stereocenters. The summed E-state index contributed by atoms with van der Waals surface area (Å²) in [5, 5.41) is 0. The Morgan fingerprint density at radius 2 is 0.621 bits per heavy atom. The number of ether oxygens (including phenoxy) is 6. The maximum absolute atomic E-state index is 10.0. The number of hydrogen-bond donors (Lipinski definition) is 0. The minimum atomic E-state index is -0.462. The molecule has 0 aliphatic rings. The molecule has 0 aliphatic heterocycles. The van der Waals surface area contributed by atoms with E-state index in [0.717, 1.165) is 0 Å². The Bertz CT molecular complexity index is 362. The fourth-order valence-electron chi connectivity index (χ4n) is 0.533. The van der Waals surface area contributed by atoms with E-state index in [0.29, 0.717) is 0 Å². The second kappa shape index (κ2) is 32.9. The van der Waals surface area contributed by atoms with Crippen molar-refractivity contribution in [2.75, 3.05) is 27.5 Å². The Morgan fingerprint density at radius 3 is 0.724 bits per heavy atom. The van der Waals surface area contributed by atoms with Crippen LogP contribution in [0.4, 0.5) is 0 Å². The van der Waals surface area contributed by atoms with Gasteiger partial charge in [0.2, 0.25) is 13.6 Å². The fraction of sp³-hybridized carbons (Fsp3) is 0.722. The van der Waals surface area contributed by atoms with Gasteiger partial charge in [0.05, 0.1) is 0 Å². The molecule has 0 saturated heterocycles. The molecule has 11 heteroatoms. The fourth-order valence-corrected chi connectivity index (χ4v) is 0.533. The van der Waals surface area contributed by atoms with Crippen molar-refractivity contribution in [2.24, 2.45) is 0 Å². The summed E-state index contributed by atoms with van der Waals surface area (Å²) in [7, 11) is 1.46. The monoisotopic (exact) mass is 432 g/mol. The van der Waals surface area contributed by atoms with Crippen molar-refractivity contribution in [3.63, 3.8) is 0 Å². The normalized spacial score (nSPS) is 7.10. The summed E-state index contributed by atoms with van der Waals surface area (Å²) in [5.41, 5.74) is 0. The lowest BCUT2D eigenvalue weighted by Crippen LogP contribution is -2.07. The average molecular weight is 433 g/mol. The second-order valence-corrected chi connectivity index (χ2v) is 3.82. The van der Waals surface area contributed by atoms with Crippen LogP contribution >= 0.6 is 0 Å². The van der Waals surface area contributed by atoms with E-state index in [1.54, 1.807) is 0 Å². The van der Waals surface area contributed by atoms with E-state index in [2.05, 4.69) is 28.4 Å². The molecule has 0 aromatic carbocycles. The molecule has 0 aromatic rings. The van der Waals surface area contributed by atoms with Crippen LogP contribution in [0.2, 0.25) is 0 Å². The van der Waals surface area contributed by atoms with Crippen molar-refractivity contribution < 1.29 is 52.4 Å². The molecule has 0 saturated carbocycles. The first-order valence-electron chi connectivity index (χ1n) is 6.68. The van der Waals surface area contributed by atoms with Crippen LogP contribution in [-0.4, -0.2) is 57.3 Å². The van der Waals surface area contributed by atoms with Crippen molar-refractivity contribution in [2.45, 2.75) is 64.3 Å². The van der Waals surface area contributed by atoms with Gasteiger partial charge >= 0.3 is 29.8 Å². The van der Waals surface area contributed by atoms with Gasteiger partial charge in [-0.2, -0.15) is 0 Å². The zero-order chi connectivity index (χ0) is 20.3. The van der Waals surface area contributed by atoms with Gasteiger partial charge in [0.1, 0.15) is 0 Å². The van der Waals surface area contributed by atoms with Crippen LogP contribution in [0.25, 0.3) is 0 Å². The van der Waals surface area contributed by atoms with Gasteiger partial charge in [0.25, 0.3) is 0 Å². The summed E-state index contributed by atoms with van der Waals surface area (Å²) >= 11 is 0. The van der Waals surface area contributed by atoms with Crippen molar-refractivity contribution in [3.05, 3.63) is 0 Å². The summed E-state index contributed by atoms with van der Waals surface area (Å²) in [6.07, 6.45) is 0. The van der Waals surface area contributed by atoms with E-state index in [-0.39, 0.29) is 56.1 Å². The van der Waals surface area contributed by atoms with Crippen molar-refractivity contribution in [1.82, 2.24) is 0 Å². The first-order valence-corrected chi connectivity index (χ1v) is 6.68. The quantitative estimate of drug-likeness (QED) is 0.347. The molecule has 11 nitrogen and oxygen atoms in total. The predicted octanol–water partition coefficient (Wildman–Crippen LogP) is 2.84. The minimum Gasteiger partial charge on any atom is -0.439 e. The Balaban J connectivity index is -0.0000000472. The number of methoxy groups -OCH3 is 1. The maximum Gasteiger partial charge on any atom is 0.305 e. The third-order valence-corrected chi connectivity index (χ3v) is 1.43. The molecule has 0 atom stereocenters. The van der Waals surface area contributed by atoms with E-state index >= 15 is 0 Å². The predicted molar refractivity (Wildman–Crippen MR) is 107 cm³/mol. The van der Waals surface area contributed by atoms with Gasteiger partial charge in [-0.3, -0.25) is 24.0 Å². The molecule has 0 heterocycles. The molecule has 0 aliphatic carbocycles. The van der Waals surface area contributed by atoms with Crippen LogP contribution in [-0.2, 0) is 52.4 Å². The molecule has 178 valence electrons. The summed E-state index contributed by atoms with van der Waals surface area (Å²) in [4.78, 5) is 49.9. The summed E-state index contributed by atoms with van der Waals surface area (Å²) in [6.45, 7) is 5.77. The Morgan fingerprint density at radius 1 is 0.448 bits per heavy atom. The highest BCUT2D eigenvalue weighted by atomic mass is 16.7. The lowest BCUT2D eigenvalue weighted by atomic mass is 10.8. The second-order valence-electron chi connectivity index (χ2n) is 3.82. The third-order valence-electron chi connectivity index (χ3n) is 1.43. The highest BCUT2D eigenvalue weighted by molar-refractivity contribution is 5.68. The molecule has 0 rings (SSSR count). The first kappa shape index (κ1) is 45.2. The van der Waals surface area contributed by atoms with Crippen LogP contribution < -0.4 is 0 Å². The van der Waals surface area contributed by atoms with E-state index in [1.807, 2.05) is 0 Å². The van der Waals surface area contributed by atoms with Gasteiger partial charge in [-0.1, -0.05) is 29.7 Å². The number of rotatable bonds is 6. The van der Waals surface area contributed by atoms with E-state index < -0.39 is 23.9 Å². The molecule has 0 fully saturated rings. The standard InChI is InChI=1S/2C5H8O4.C4H8O3.4CH4/c2*1-4(6)8-3-9-5(2)7;1-4(5)7-3-6-2;;;;/h2*3H2,1-2H3;3H2,1-2H3;4*1H4. The Kier molecular flexibility index (Phi) is 51.3. The number of esters is 5. The molecule has 0 spiro atoms. The smallest absolute Gasteiger partial charge is 0.305 e. The molecule has 0 amide bonds. The zero-order valence-corrected chi connectivity index (χ0v) is 15.1. The van der Waals surface area contributed by atoms with E-state index in [9.17, 15) is 24.0 Å². The van der Waals surface area contributed by atoms with Crippen LogP contribution in [0.5, 0.6) is 0 Å². The first-order chi connectivity index (χ1) is 11.5. The molecule has 0 N–H and O–H groups in total. The molecular weight excluding hydrogens is 392 g/mol. The van der Waals surface area contributed by atoms with Crippen LogP contribution in [0.1, 0.15) is 64.3 Å². The van der Waals surface area contributed by atoms with Gasteiger partial charge < -0.3 is 28.4 Å². The molecule has 29 heavy (non-hydrogen) atoms. The lowest BCUT2D eigenvalue weighted by molar-refractivity contribution is -0.165. The van der Waals surface area contributed by atoms with E-state index in [1.165, 1.54) is 41.7 Å². The van der Waals surface area contributed by atoms with E-state index in [4.69, 9.17) is 0 Å². The Hall–Kier alpha value is -2.69. The molecule has 0 radical (unpaired) electrons. The summed E-state index contributed by atoms with van der Waals surface area (Å²) in [6, 6.07) is 0. The summed E-state index contributed by atoms with van der Waals surface area (Å²) in [5.74, 6) is -2.16. The molecule has 0 aromatic heterocycles. The Labute approximate surface area is 174 Å². The van der Waals surface area contributed by atoms with Crippen molar-refractivity contribution >= 4 is 29.8 Å². The van der Waals surface area contributed by atoms with Crippen LogP contribution in [0, 0.1) is 0 Å². The molecular formula is C18H40O11. The minimum absolute atomic E-state index is 0. The third kappa shape index (κ3) is 77.6. The van der Waals surface area contributed by atoms with Gasteiger partial charge in [-0.15, -0.1) is 0 Å².